The molecule has 40 nitrogen and oxygen atoms in total. The van der Waals surface area contributed by atoms with E-state index in [0.29, 0.717) is 130 Å². The Morgan fingerprint density at radius 3 is 1.09 bits per heavy atom. The molecule has 0 bridgehead atoms. The number of imidazole rings is 2. The Morgan fingerprint density at radius 2 is 0.752 bits per heavy atom. The number of pyridine rings is 4. The Kier molecular flexibility index (Phi) is 43.8. The molecule has 0 aliphatic carbocycles. The van der Waals surface area contributed by atoms with E-state index in [2.05, 4.69) is 51.8 Å². The van der Waals surface area contributed by atoms with E-state index in [1.807, 2.05) is 0 Å². The van der Waals surface area contributed by atoms with Gasteiger partial charge in [0.1, 0.15) is 58.2 Å². The number of ether oxygens (including phenoxy) is 10. The van der Waals surface area contributed by atoms with Crippen molar-refractivity contribution in [3.8, 4) is 11.4 Å². The molecule has 6 aromatic heterocycles. The Labute approximate surface area is 808 Å². The lowest BCUT2D eigenvalue weighted by molar-refractivity contribution is -0.159. The summed E-state index contributed by atoms with van der Waals surface area (Å²) in [5.41, 5.74) is 0.501. The van der Waals surface area contributed by atoms with Crippen molar-refractivity contribution in [1.29, 1.82) is 0 Å². The Morgan fingerprint density at radius 1 is 0.423 bits per heavy atom. The van der Waals surface area contributed by atoms with E-state index in [1.165, 1.54) is 103 Å². The second kappa shape index (κ2) is 53.6. The molecule has 2 aliphatic rings. The maximum absolute atomic E-state index is 14.3. The highest BCUT2D eigenvalue weighted by molar-refractivity contribution is 8.02. The first kappa shape index (κ1) is 112. The highest BCUT2D eigenvalue weighted by Crippen LogP contribution is 2.44. The zero-order valence-electron chi connectivity index (χ0n) is 77.8. The third-order valence-corrected chi connectivity index (χ3v) is 27.7. The Balaban J connectivity index is 0.0000115. The summed E-state index contributed by atoms with van der Waals surface area (Å²) in [6.07, 6.45) is 10.6. The summed E-state index contributed by atoms with van der Waals surface area (Å²) in [6, 6.07) is 21.0. The van der Waals surface area contributed by atoms with Crippen molar-refractivity contribution in [2.24, 2.45) is 0 Å². The summed E-state index contributed by atoms with van der Waals surface area (Å²) in [6.45, 7) is 22.9. The summed E-state index contributed by atoms with van der Waals surface area (Å²) in [5, 5.41) is 16.8. The van der Waals surface area contributed by atoms with Gasteiger partial charge in [0.25, 0.3) is 0 Å². The Hall–Kier alpha value is -10.5. The number of thioether (sulfide) groups is 2. The smallest absolute Gasteiger partial charge is 0.335 e. The van der Waals surface area contributed by atoms with Crippen LogP contribution in [-0.2, 0) is 132 Å². The van der Waals surface area contributed by atoms with Crippen molar-refractivity contribution in [3.05, 3.63) is 166 Å². The number of carbonyl (C=O) groups excluding carboxylic acids is 8. The number of hydrogen-bond acceptors (Lipinski definition) is 30. The second-order valence-corrected chi connectivity index (χ2v) is 41.6. The summed E-state index contributed by atoms with van der Waals surface area (Å²) >= 11 is 2.58. The minimum Gasteiger partial charge on any atom is -0.458 e. The van der Waals surface area contributed by atoms with Gasteiger partial charge in [-0.05, 0) is 172 Å². The second-order valence-electron chi connectivity index (χ2n) is 34.6. The highest BCUT2D eigenvalue weighted by Gasteiger charge is 2.54. The average molecular weight is 1990 g/mol. The van der Waals surface area contributed by atoms with E-state index in [9.17, 15) is 64.8 Å². The minimum absolute atomic E-state index is 0. The zero-order valence-corrected chi connectivity index (χ0v) is 81.1. The highest BCUT2D eigenvalue weighted by atomic mass is 32.2. The quantitative estimate of drug-likeness (QED) is 0.0193. The number of esters is 2. The molecule has 0 radical (unpaired) electrons. The van der Waals surface area contributed by atoms with Gasteiger partial charge in [0.2, 0.25) is 55.5 Å². The van der Waals surface area contributed by atoms with Crippen molar-refractivity contribution >= 4 is 113 Å². The molecule has 0 spiro atoms. The standard InChI is InChI=1S/C91H124N16O24S4.2CH4/c1-88(2,3)130-84(114)70(100-82(112)78-90(7,8)132-62-104(78)134(118,119)68-18-11-32-92-58-68)56-64-22-26-66(27-23-64)106-80-72(20-13-34-98-80)102(86(106)116)60-76(110)96-38-46-128-54-52-126-44-30-74(108)94-36-15-40-122-48-50-124-42-17-43-125-51-49-123-41-16-37-95-75(109)31-45-127-53-55-129-47-39-97-77(111)61-103-73-21-14-35-99-81(73)107(87(103)117)67-28-24-65(25-29-67)57-71(85(115)131-89(4,5)6)101-83(113)79-91(9,10)133-63-105(79)135(120,121)69-19-12-33-93-59-69;;/h11-14,18-29,32-35,58-59,70-71,78-79H,15-17,30-31,36-57,60-63H2,1-10H3,(H,94,108)(H,95,109)(H,96,110)(H,97,111)(H,100,112)(H,101,113);2*1H4/t70-,71-,78+,79+;;/m0../s1. The number of nitrogens with one attached hydrogen (secondary N) is 6. The molecule has 2 fully saturated rings. The van der Waals surface area contributed by atoms with Gasteiger partial charge in [-0.3, -0.25) is 47.9 Å². The Bertz CT molecular complexity index is 5280. The molecule has 4 atom stereocenters. The third kappa shape index (κ3) is 33.4. The number of amides is 6. The molecule has 752 valence electrons. The van der Waals surface area contributed by atoms with Gasteiger partial charge in [0.05, 0.1) is 113 Å². The number of carbonyl (C=O) groups is 8. The molecule has 2 aromatic carbocycles. The molecule has 0 unspecified atom stereocenters. The predicted octanol–water partition coefficient (Wildman–Crippen LogP) is 5.82. The van der Waals surface area contributed by atoms with Crippen LogP contribution in [0.2, 0.25) is 0 Å². The van der Waals surface area contributed by atoms with Gasteiger partial charge in [-0.15, -0.1) is 23.5 Å². The van der Waals surface area contributed by atoms with Gasteiger partial charge in [0, 0.05) is 125 Å². The van der Waals surface area contributed by atoms with E-state index in [1.54, 1.807) is 142 Å². The number of benzene rings is 2. The number of hydrogen-bond donors (Lipinski definition) is 6. The van der Waals surface area contributed by atoms with E-state index >= 15 is 0 Å². The SMILES string of the molecule is C.C.CC(C)(C)OC(=O)[C@H](Cc1ccc(-n2c(=O)n(CC(=O)NCCOCCOCCC(=O)NCCCOCCOCCCOCCOCCCNC(=O)CCOCCOCCNC(=O)Cn3c(=O)n(-c4ccc(C[C@H](NC(=O)[C@H]5N(S(=O)(=O)c6cccnc6)CSC5(C)C)C(=O)OC(C)(C)C)cc4)c4ncccc43)c3cccnc32)cc1)NC(=O)[C@H]1N(S(=O)(=O)c2cccnc2)CSC1(C)C. The molecule has 44 heteroatoms. The number of aromatic nitrogens is 8. The van der Waals surface area contributed by atoms with Crippen LogP contribution in [0.5, 0.6) is 0 Å². The monoisotopic (exact) mass is 1980 g/mol. The van der Waals surface area contributed by atoms with Crippen LogP contribution < -0.4 is 43.3 Å². The molecule has 8 heterocycles. The largest absolute Gasteiger partial charge is 0.458 e. The number of nitrogens with zero attached hydrogens (tertiary/aromatic N) is 10. The number of rotatable bonds is 56. The fraction of sp³-hybridized carbons (Fsp3) is 0.548. The van der Waals surface area contributed by atoms with Crippen LogP contribution in [0.4, 0.5) is 0 Å². The summed E-state index contributed by atoms with van der Waals surface area (Å²) in [5.74, 6) is -4.03. The predicted molar refractivity (Wildman–Crippen MR) is 516 cm³/mol. The van der Waals surface area contributed by atoms with Crippen molar-refractivity contribution in [2.45, 2.75) is 197 Å². The molecular weight excluding hydrogens is 1850 g/mol. The molecule has 2 saturated heterocycles. The van der Waals surface area contributed by atoms with E-state index in [4.69, 9.17) is 47.4 Å². The van der Waals surface area contributed by atoms with Crippen LogP contribution in [-0.4, -0.2) is 300 Å². The van der Waals surface area contributed by atoms with Crippen molar-refractivity contribution in [2.75, 3.05) is 144 Å². The summed E-state index contributed by atoms with van der Waals surface area (Å²) in [7, 11) is -8.31. The van der Waals surface area contributed by atoms with Gasteiger partial charge in [-0.1, -0.05) is 39.1 Å². The lowest BCUT2D eigenvalue weighted by Crippen LogP contribution is -2.57. The molecule has 10 rings (SSSR count). The van der Waals surface area contributed by atoms with E-state index in [0.717, 1.165) is 8.61 Å². The molecule has 6 amide bonds. The maximum atomic E-state index is 14.3. The molecule has 2 aliphatic heterocycles. The van der Waals surface area contributed by atoms with Gasteiger partial charge in [-0.25, -0.2) is 55.1 Å². The van der Waals surface area contributed by atoms with Crippen LogP contribution in [0.1, 0.15) is 127 Å². The van der Waals surface area contributed by atoms with Crippen LogP contribution in [0.25, 0.3) is 33.7 Å². The fourth-order valence-corrected chi connectivity index (χ4v) is 20.7. The third-order valence-electron chi connectivity index (χ3n) is 21.0. The molecule has 0 saturated carbocycles. The first-order chi connectivity index (χ1) is 64.4. The molecule has 6 N–H and O–H groups in total. The number of sulfonamides is 2. The maximum Gasteiger partial charge on any atom is 0.335 e. The van der Waals surface area contributed by atoms with Crippen LogP contribution in [0, 0.1) is 0 Å². The van der Waals surface area contributed by atoms with Crippen LogP contribution >= 0.6 is 23.5 Å². The zero-order chi connectivity index (χ0) is 97.4. The lowest BCUT2D eigenvalue weighted by atomic mass is 10.0. The molecular formula is C93H132N16O24S4. The van der Waals surface area contributed by atoms with E-state index in [-0.39, 0.29) is 153 Å². The first-order valence-electron chi connectivity index (χ1n) is 44.6. The van der Waals surface area contributed by atoms with Gasteiger partial charge < -0.3 is 79.3 Å². The van der Waals surface area contributed by atoms with Crippen molar-refractivity contribution in [1.82, 2.24) is 78.7 Å². The fourth-order valence-electron chi connectivity index (χ4n) is 14.4. The van der Waals surface area contributed by atoms with Crippen LogP contribution in [0.3, 0.4) is 0 Å². The van der Waals surface area contributed by atoms with Crippen LogP contribution in [0.15, 0.2) is 154 Å². The topological polar surface area (TPSA) is 481 Å². The molecule has 8 aromatic rings. The average Bonchev–Trinajstić information content (AvgIpc) is 1.65. The minimum atomic E-state index is -4.16. The normalized spacial score (nSPS) is 15.5. The van der Waals surface area contributed by atoms with Gasteiger partial charge in [-0.2, -0.15) is 8.61 Å². The summed E-state index contributed by atoms with van der Waals surface area (Å²) in [4.78, 5) is 152. The van der Waals surface area contributed by atoms with Crippen molar-refractivity contribution in [3.63, 3.8) is 0 Å². The first-order valence-corrected chi connectivity index (χ1v) is 49.5. The van der Waals surface area contributed by atoms with Gasteiger partial charge >= 0.3 is 23.3 Å². The number of fused-ring (bicyclic) bond motifs is 2. The lowest BCUT2D eigenvalue weighted by Gasteiger charge is -2.32. The van der Waals surface area contributed by atoms with E-state index < -0.39 is 112 Å². The molecule has 137 heavy (non-hydrogen) atoms. The summed E-state index contributed by atoms with van der Waals surface area (Å²) < 4.78 is 117. The van der Waals surface area contributed by atoms with Gasteiger partial charge in [0.15, 0.2) is 11.3 Å². The van der Waals surface area contributed by atoms with Crippen molar-refractivity contribution < 1.29 is 103 Å².